The number of nitrogens with one attached hydrogen (secondary N) is 1. The van der Waals surface area contributed by atoms with Crippen molar-refractivity contribution in [3.63, 3.8) is 0 Å². The molecule has 1 rings (SSSR count). The Hall–Kier alpha value is -1.09. The first kappa shape index (κ1) is 15.0. The highest BCUT2D eigenvalue weighted by molar-refractivity contribution is 5.26. The molecule has 1 aromatic rings. The third kappa shape index (κ3) is 4.30. The van der Waals surface area contributed by atoms with Crippen LogP contribution in [0.2, 0.25) is 0 Å². The SMILES string of the molecule is CCCOc1cncc(C(NCC)C(C)CC)c1. The Morgan fingerprint density at radius 3 is 2.67 bits per heavy atom. The number of pyridine rings is 1. The van der Waals surface area contributed by atoms with Crippen molar-refractivity contribution < 1.29 is 4.74 Å². The second kappa shape index (κ2) is 8.09. The van der Waals surface area contributed by atoms with Gasteiger partial charge in [-0.2, -0.15) is 0 Å². The van der Waals surface area contributed by atoms with E-state index in [1.165, 1.54) is 5.56 Å². The molecule has 0 saturated heterocycles. The van der Waals surface area contributed by atoms with Gasteiger partial charge in [0.25, 0.3) is 0 Å². The first-order chi connectivity index (χ1) is 8.72. The number of hydrogen-bond donors (Lipinski definition) is 1. The average Bonchev–Trinajstić information content (AvgIpc) is 2.42. The predicted molar refractivity (Wildman–Crippen MR) is 75.9 cm³/mol. The Bertz CT molecular complexity index is 341. The second-order valence-corrected chi connectivity index (χ2v) is 4.72. The molecule has 0 bridgehead atoms. The molecule has 2 unspecified atom stereocenters. The first-order valence-corrected chi connectivity index (χ1v) is 7.04. The van der Waals surface area contributed by atoms with Gasteiger partial charge in [0.2, 0.25) is 0 Å². The van der Waals surface area contributed by atoms with E-state index in [1.54, 1.807) is 6.20 Å². The zero-order chi connectivity index (χ0) is 13.4. The second-order valence-electron chi connectivity index (χ2n) is 4.72. The zero-order valence-electron chi connectivity index (χ0n) is 12.1. The van der Waals surface area contributed by atoms with Crippen LogP contribution in [0.25, 0.3) is 0 Å². The lowest BCUT2D eigenvalue weighted by Gasteiger charge is -2.24. The molecule has 0 radical (unpaired) electrons. The summed E-state index contributed by atoms with van der Waals surface area (Å²) in [6.07, 6.45) is 5.90. The number of nitrogens with zero attached hydrogens (tertiary/aromatic N) is 1. The number of hydrogen-bond acceptors (Lipinski definition) is 3. The van der Waals surface area contributed by atoms with Gasteiger partial charge < -0.3 is 10.1 Å². The van der Waals surface area contributed by atoms with E-state index in [-0.39, 0.29) is 0 Å². The molecule has 1 N–H and O–H groups in total. The summed E-state index contributed by atoms with van der Waals surface area (Å²) >= 11 is 0. The average molecular weight is 250 g/mol. The minimum Gasteiger partial charge on any atom is -0.492 e. The van der Waals surface area contributed by atoms with Crippen molar-refractivity contribution in [1.82, 2.24) is 10.3 Å². The molecule has 0 aromatic carbocycles. The molecule has 0 saturated carbocycles. The molecule has 0 amide bonds. The van der Waals surface area contributed by atoms with Crippen LogP contribution in [0.4, 0.5) is 0 Å². The Kier molecular flexibility index (Phi) is 6.73. The molecule has 1 heterocycles. The lowest BCUT2D eigenvalue weighted by Crippen LogP contribution is -2.26. The zero-order valence-corrected chi connectivity index (χ0v) is 12.1. The van der Waals surface area contributed by atoms with Crippen molar-refractivity contribution in [1.29, 1.82) is 0 Å². The van der Waals surface area contributed by atoms with Gasteiger partial charge in [0.1, 0.15) is 5.75 Å². The summed E-state index contributed by atoms with van der Waals surface area (Å²) in [4.78, 5) is 4.29. The van der Waals surface area contributed by atoms with Crippen LogP contribution >= 0.6 is 0 Å². The molecule has 1 aromatic heterocycles. The summed E-state index contributed by atoms with van der Waals surface area (Å²) in [5, 5.41) is 3.54. The molecule has 2 atom stereocenters. The highest BCUT2D eigenvalue weighted by atomic mass is 16.5. The van der Waals surface area contributed by atoms with Gasteiger partial charge in [-0.25, -0.2) is 0 Å². The fourth-order valence-electron chi connectivity index (χ4n) is 2.01. The molecule has 18 heavy (non-hydrogen) atoms. The molecule has 3 nitrogen and oxygen atoms in total. The maximum atomic E-state index is 5.65. The molecule has 102 valence electrons. The van der Waals surface area contributed by atoms with E-state index in [9.17, 15) is 0 Å². The van der Waals surface area contributed by atoms with Gasteiger partial charge in [-0.15, -0.1) is 0 Å². The van der Waals surface area contributed by atoms with Gasteiger partial charge in [-0.1, -0.05) is 34.1 Å². The van der Waals surface area contributed by atoms with Crippen LogP contribution in [-0.2, 0) is 0 Å². The van der Waals surface area contributed by atoms with E-state index in [0.717, 1.165) is 31.7 Å². The highest BCUT2D eigenvalue weighted by Gasteiger charge is 2.17. The van der Waals surface area contributed by atoms with E-state index in [1.807, 2.05) is 6.20 Å². The fraction of sp³-hybridized carbons (Fsp3) is 0.667. The third-order valence-electron chi connectivity index (χ3n) is 3.20. The van der Waals surface area contributed by atoms with Gasteiger partial charge in [0.15, 0.2) is 0 Å². The fourth-order valence-corrected chi connectivity index (χ4v) is 2.01. The normalized spacial score (nSPS) is 14.2. The number of aromatic nitrogens is 1. The van der Waals surface area contributed by atoms with Crippen molar-refractivity contribution in [2.45, 2.75) is 46.6 Å². The summed E-state index contributed by atoms with van der Waals surface area (Å²) in [5.41, 5.74) is 1.22. The Morgan fingerprint density at radius 1 is 1.28 bits per heavy atom. The van der Waals surface area contributed by atoms with Crippen molar-refractivity contribution in [3.8, 4) is 5.75 Å². The molecular weight excluding hydrogens is 224 g/mol. The molecule has 0 fully saturated rings. The van der Waals surface area contributed by atoms with E-state index >= 15 is 0 Å². The summed E-state index contributed by atoms with van der Waals surface area (Å²) in [6.45, 7) is 10.5. The Labute approximate surface area is 111 Å². The van der Waals surface area contributed by atoms with E-state index in [4.69, 9.17) is 4.74 Å². The summed E-state index contributed by atoms with van der Waals surface area (Å²) < 4.78 is 5.65. The van der Waals surface area contributed by atoms with Crippen LogP contribution in [0.15, 0.2) is 18.5 Å². The van der Waals surface area contributed by atoms with Gasteiger partial charge in [0.05, 0.1) is 12.8 Å². The summed E-state index contributed by atoms with van der Waals surface area (Å²) in [5.74, 6) is 1.47. The predicted octanol–water partition coefficient (Wildman–Crippen LogP) is 3.57. The molecule has 0 aliphatic rings. The van der Waals surface area contributed by atoms with Crippen LogP contribution in [0.5, 0.6) is 5.75 Å². The van der Waals surface area contributed by atoms with Gasteiger partial charge >= 0.3 is 0 Å². The van der Waals surface area contributed by atoms with Gasteiger partial charge in [0, 0.05) is 12.2 Å². The largest absolute Gasteiger partial charge is 0.492 e. The third-order valence-corrected chi connectivity index (χ3v) is 3.20. The van der Waals surface area contributed by atoms with Crippen molar-refractivity contribution >= 4 is 0 Å². The molecule has 3 heteroatoms. The van der Waals surface area contributed by atoms with Crippen molar-refractivity contribution in [3.05, 3.63) is 24.0 Å². The molecule has 0 aliphatic heterocycles. The van der Waals surface area contributed by atoms with Crippen LogP contribution < -0.4 is 10.1 Å². The maximum absolute atomic E-state index is 5.65. The standard InChI is InChI=1S/C15H26N2O/c1-5-8-18-14-9-13(10-16-11-14)15(17-7-3)12(4)6-2/h9-12,15,17H,5-8H2,1-4H3. The molecular formula is C15H26N2O. The Balaban J connectivity index is 2.83. The smallest absolute Gasteiger partial charge is 0.137 e. The van der Waals surface area contributed by atoms with Gasteiger partial charge in [-0.05, 0) is 30.5 Å². The summed E-state index contributed by atoms with van der Waals surface area (Å²) in [7, 11) is 0. The number of ether oxygens (including phenoxy) is 1. The van der Waals surface area contributed by atoms with E-state index in [0.29, 0.717) is 12.0 Å². The van der Waals surface area contributed by atoms with Crippen LogP contribution in [-0.4, -0.2) is 18.1 Å². The minimum absolute atomic E-state index is 0.359. The lowest BCUT2D eigenvalue weighted by atomic mass is 9.93. The maximum Gasteiger partial charge on any atom is 0.137 e. The van der Waals surface area contributed by atoms with Crippen molar-refractivity contribution in [2.24, 2.45) is 5.92 Å². The van der Waals surface area contributed by atoms with E-state index < -0.39 is 0 Å². The summed E-state index contributed by atoms with van der Waals surface area (Å²) in [6, 6.07) is 2.47. The van der Waals surface area contributed by atoms with Crippen molar-refractivity contribution in [2.75, 3.05) is 13.2 Å². The van der Waals surface area contributed by atoms with Crippen LogP contribution in [0, 0.1) is 5.92 Å². The Morgan fingerprint density at radius 2 is 2.06 bits per heavy atom. The quantitative estimate of drug-likeness (QED) is 0.766. The minimum atomic E-state index is 0.359. The molecule has 0 spiro atoms. The van der Waals surface area contributed by atoms with Gasteiger partial charge in [-0.3, -0.25) is 4.98 Å². The highest BCUT2D eigenvalue weighted by Crippen LogP contribution is 2.26. The lowest BCUT2D eigenvalue weighted by molar-refractivity contribution is 0.314. The van der Waals surface area contributed by atoms with Crippen LogP contribution in [0.1, 0.15) is 52.1 Å². The first-order valence-electron chi connectivity index (χ1n) is 7.04. The monoisotopic (exact) mass is 250 g/mol. The molecule has 0 aliphatic carbocycles. The van der Waals surface area contributed by atoms with Crippen LogP contribution in [0.3, 0.4) is 0 Å². The number of rotatable bonds is 8. The van der Waals surface area contributed by atoms with E-state index in [2.05, 4.69) is 44.1 Å². The topological polar surface area (TPSA) is 34.1 Å².